The lowest BCUT2D eigenvalue weighted by Crippen LogP contribution is -2.44. The molecule has 0 N–H and O–H groups in total. The molecule has 3 heteroatoms. The highest BCUT2D eigenvalue weighted by molar-refractivity contribution is 7.80. The second kappa shape index (κ2) is 4.83. The summed E-state index contributed by atoms with van der Waals surface area (Å²) in [6.45, 7) is 7.94. The molecule has 1 saturated heterocycles. The first-order valence-corrected chi connectivity index (χ1v) is 7.45. The van der Waals surface area contributed by atoms with Crippen LogP contribution in [0.25, 0.3) is 0 Å². The molecular formula is C14H25NOS. The Labute approximate surface area is 111 Å². The van der Waals surface area contributed by atoms with Crippen LogP contribution in [0.15, 0.2) is 0 Å². The van der Waals surface area contributed by atoms with Crippen LogP contribution in [0.2, 0.25) is 0 Å². The van der Waals surface area contributed by atoms with Gasteiger partial charge in [-0.15, -0.1) is 0 Å². The highest BCUT2D eigenvalue weighted by Crippen LogP contribution is 2.41. The summed E-state index contributed by atoms with van der Waals surface area (Å²) in [5.41, 5.74) is 0.391. The number of rotatable bonds is 2. The van der Waals surface area contributed by atoms with E-state index < -0.39 is 0 Å². The molecule has 17 heavy (non-hydrogen) atoms. The smallest absolute Gasteiger partial charge is 0.223 e. The first kappa shape index (κ1) is 13.3. The van der Waals surface area contributed by atoms with Crippen molar-refractivity contribution in [2.45, 2.75) is 52.5 Å². The van der Waals surface area contributed by atoms with Crippen molar-refractivity contribution in [3.63, 3.8) is 0 Å². The molecule has 0 aromatic rings. The molecule has 0 spiro atoms. The number of hydrogen-bond acceptors (Lipinski definition) is 2. The molecule has 2 fully saturated rings. The number of nitrogens with zero attached hydrogens (tertiary/aromatic N) is 1. The molecule has 0 radical (unpaired) electrons. The monoisotopic (exact) mass is 255 g/mol. The van der Waals surface area contributed by atoms with Gasteiger partial charge in [0.15, 0.2) is 0 Å². The fourth-order valence-electron chi connectivity index (χ4n) is 3.82. The van der Waals surface area contributed by atoms with Crippen molar-refractivity contribution in [3.8, 4) is 0 Å². The molecule has 1 aliphatic heterocycles. The average Bonchev–Trinajstić information content (AvgIpc) is 2.56. The van der Waals surface area contributed by atoms with Crippen LogP contribution in [0.3, 0.4) is 0 Å². The van der Waals surface area contributed by atoms with Crippen LogP contribution in [0.5, 0.6) is 0 Å². The third-order valence-corrected chi connectivity index (χ3v) is 4.82. The Balaban J connectivity index is 2.04. The van der Waals surface area contributed by atoms with Gasteiger partial charge in [0.25, 0.3) is 0 Å². The Hall–Kier alpha value is -0.180. The lowest BCUT2D eigenvalue weighted by atomic mass is 9.70. The van der Waals surface area contributed by atoms with Crippen LogP contribution in [0, 0.1) is 17.3 Å². The Morgan fingerprint density at radius 3 is 2.65 bits per heavy atom. The summed E-state index contributed by atoms with van der Waals surface area (Å²) in [5, 5.41) is 0. The zero-order valence-electron chi connectivity index (χ0n) is 11.3. The number of carbonyl (C=O) groups is 1. The van der Waals surface area contributed by atoms with Gasteiger partial charge < -0.3 is 4.90 Å². The number of hydrogen-bond donors (Lipinski definition) is 1. The molecule has 0 bridgehead atoms. The molecule has 1 amide bonds. The minimum atomic E-state index is 0.360. The van der Waals surface area contributed by atoms with Crippen LogP contribution < -0.4 is 0 Å². The summed E-state index contributed by atoms with van der Waals surface area (Å²) >= 11 is 4.33. The molecule has 1 heterocycles. The Morgan fingerprint density at radius 2 is 2.12 bits per heavy atom. The number of carbonyl (C=O) groups excluding carboxylic acids is 1. The SMILES string of the molecule is CC1CC(N2CC(CS)CC2=O)CC(C)(C)C1. The predicted octanol–water partition coefficient (Wildman–Crippen LogP) is 2.98. The molecule has 98 valence electrons. The highest BCUT2D eigenvalue weighted by atomic mass is 32.1. The maximum atomic E-state index is 12.1. The number of amides is 1. The molecule has 2 rings (SSSR count). The van der Waals surface area contributed by atoms with Gasteiger partial charge in [-0.2, -0.15) is 12.6 Å². The molecular weight excluding hydrogens is 230 g/mol. The van der Waals surface area contributed by atoms with E-state index >= 15 is 0 Å². The normalized spacial score (nSPS) is 37.5. The van der Waals surface area contributed by atoms with Crippen molar-refractivity contribution in [1.29, 1.82) is 0 Å². The summed E-state index contributed by atoms with van der Waals surface area (Å²) in [6.07, 6.45) is 4.37. The third kappa shape index (κ3) is 2.98. The number of likely N-dealkylation sites (tertiary alicyclic amines) is 1. The van der Waals surface area contributed by atoms with Gasteiger partial charge in [0.05, 0.1) is 0 Å². The summed E-state index contributed by atoms with van der Waals surface area (Å²) in [5.74, 6) is 2.42. The molecule has 3 unspecified atom stereocenters. The van der Waals surface area contributed by atoms with Gasteiger partial charge in [-0.05, 0) is 42.3 Å². The summed E-state index contributed by atoms with van der Waals surface area (Å²) in [6, 6.07) is 0.478. The van der Waals surface area contributed by atoms with Gasteiger partial charge in [-0.3, -0.25) is 4.79 Å². The van der Waals surface area contributed by atoms with E-state index in [0.717, 1.165) is 24.6 Å². The van der Waals surface area contributed by atoms with Crippen molar-refractivity contribution in [1.82, 2.24) is 4.90 Å². The van der Waals surface area contributed by atoms with E-state index in [1.54, 1.807) is 0 Å². The van der Waals surface area contributed by atoms with Crippen LogP contribution in [0.4, 0.5) is 0 Å². The van der Waals surface area contributed by atoms with Gasteiger partial charge >= 0.3 is 0 Å². The van der Waals surface area contributed by atoms with Crippen molar-refractivity contribution in [2.75, 3.05) is 12.3 Å². The van der Waals surface area contributed by atoms with Gasteiger partial charge in [-0.1, -0.05) is 20.8 Å². The standard InChI is InChI=1S/C14H25NOS/c1-10-4-12(7-14(2,3)6-10)15-8-11(9-17)5-13(15)16/h10-12,17H,4-9H2,1-3H3. The van der Waals surface area contributed by atoms with E-state index in [1.165, 1.54) is 19.3 Å². The summed E-state index contributed by atoms with van der Waals surface area (Å²) in [7, 11) is 0. The van der Waals surface area contributed by atoms with Crippen LogP contribution >= 0.6 is 12.6 Å². The molecule has 2 nitrogen and oxygen atoms in total. The van der Waals surface area contributed by atoms with E-state index in [2.05, 4.69) is 38.3 Å². The van der Waals surface area contributed by atoms with Gasteiger partial charge in [0.1, 0.15) is 0 Å². The maximum absolute atomic E-state index is 12.1. The lowest BCUT2D eigenvalue weighted by Gasteiger charge is -2.42. The van der Waals surface area contributed by atoms with Crippen molar-refractivity contribution < 1.29 is 4.79 Å². The fourth-order valence-corrected chi connectivity index (χ4v) is 4.06. The quantitative estimate of drug-likeness (QED) is 0.752. The van der Waals surface area contributed by atoms with E-state index in [-0.39, 0.29) is 0 Å². The second-order valence-electron chi connectivity index (χ2n) is 6.87. The fraction of sp³-hybridized carbons (Fsp3) is 0.929. The number of thiol groups is 1. The van der Waals surface area contributed by atoms with Crippen LogP contribution in [-0.4, -0.2) is 29.1 Å². The Bertz CT molecular complexity index is 303. The van der Waals surface area contributed by atoms with E-state index in [1.807, 2.05) is 0 Å². The lowest BCUT2D eigenvalue weighted by molar-refractivity contribution is -0.131. The summed E-state index contributed by atoms with van der Waals surface area (Å²) < 4.78 is 0. The van der Waals surface area contributed by atoms with E-state index in [9.17, 15) is 4.79 Å². The topological polar surface area (TPSA) is 20.3 Å². The molecule has 3 atom stereocenters. The van der Waals surface area contributed by atoms with Gasteiger partial charge in [-0.25, -0.2) is 0 Å². The minimum absolute atomic E-state index is 0.360. The Morgan fingerprint density at radius 1 is 1.41 bits per heavy atom. The van der Waals surface area contributed by atoms with E-state index in [4.69, 9.17) is 0 Å². The maximum Gasteiger partial charge on any atom is 0.223 e. The molecule has 1 aliphatic carbocycles. The average molecular weight is 255 g/mol. The Kier molecular flexibility index (Phi) is 3.77. The zero-order valence-corrected chi connectivity index (χ0v) is 12.2. The second-order valence-corrected chi connectivity index (χ2v) is 7.23. The van der Waals surface area contributed by atoms with Gasteiger partial charge in [0, 0.05) is 19.0 Å². The molecule has 0 aromatic heterocycles. The minimum Gasteiger partial charge on any atom is -0.339 e. The first-order valence-electron chi connectivity index (χ1n) is 6.81. The third-order valence-electron chi connectivity index (χ3n) is 4.30. The molecule has 0 aromatic carbocycles. The van der Waals surface area contributed by atoms with Crippen LogP contribution in [0.1, 0.15) is 46.5 Å². The highest BCUT2D eigenvalue weighted by Gasteiger charge is 2.40. The van der Waals surface area contributed by atoms with Crippen molar-refractivity contribution >= 4 is 18.5 Å². The first-order chi connectivity index (χ1) is 7.91. The van der Waals surface area contributed by atoms with E-state index in [0.29, 0.717) is 23.3 Å². The van der Waals surface area contributed by atoms with Crippen molar-refractivity contribution in [3.05, 3.63) is 0 Å². The van der Waals surface area contributed by atoms with Gasteiger partial charge in [0.2, 0.25) is 5.91 Å². The largest absolute Gasteiger partial charge is 0.339 e. The molecule has 1 saturated carbocycles. The van der Waals surface area contributed by atoms with Crippen LogP contribution in [-0.2, 0) is 4.79 Å². The predicted molar refractivity (Wildman–Crippen MR) is 74.3 cm³/mol. The van der Waals surface area contributed by atoms with Crippen molar-refractivity contribution in [2.24, 2.45) is 17.3 Å². The molecule has 2 aliphatic rings. The summed E-state index contributed by atoms with van der Waals surface area (Å²) in [4.78, 5) is 14.2. The zero-order chi connectivity index (χ0) is 12.6.